The lowest BCUT2D eigenvalue weighted by Crippen LogP contribution is -2.61. The van der Waals surface area contributed by atoms with Gasteiger partial charge in [0.15, 0.2) is 0 Å². The zero-order valence-corrected chi connectivity index (χ0v) is 26.1. The number of hydrogen-bond donors (Lipinski definition) is 1. The second-order valence-corrected chi connectivity index (χ2v) is 14.4. The summed E-state index contributed by atoms with van der Waals surface area (Å²) in [7, 11) is 0. The average molecular weight is 582 g/mol. The first kappa shape index (κ1) is 31.4. The molecule has 3 aliphatic heterocycles. The summed E-state index contributed by atoms with van der Waals surface area (Å²) in [5.41, 5.74) is 0.523. The van der Waals surface area contributed by atoms with Gasteiger partial charge in [0.25, 0.3) is 0 Å². The van der Waals surface area contributed by atoms with Crippen LogP contribution < -0.4 is 0 Å². The smallest absolute Gasteiger partial charge is 0.247 e. The maximum absolute atomic E-state index is 14.6. The van der Waals surface area contributed by atoms with E-state index in [1.54, 1.807) is 38.6 Å². The molecule has 2 unspecified atom stereocenters. The molecule has 4 rings (SSSR count). The van der Waals surface area contributed by atoms with Gasteiger partial charge < -0.3 is 19.8 Å². The van der Waals surface area contributed by atoms with E-state index in [9.17, 15) is 19.5 Å². The van der Waals surface area contributed by atoms with Gasteiger partial charge in [-0.05, 0) is 45.1 Å². The van der Waals surface area contributed by atoms with Gasteiger partial charge in [-0.15, -0.1) is 24.9 Å². The van der Waals surface area contributed by atoms with Gasteiger partial charge in [0.05, 0.1) is 29.2 Å². The van der Waals surface area contributed by atoms with Crippen molar-refractivity contribution >= 4 is 29.5 Å². The number of fused-ring (bicyclic) bond motifs is 1. The Kier molecular flexibility index (Phi) is 9.44. The van der Waals surface area contributed by atoms with Crippen LogP contribution in [0.25, 0.3) is 0 Å². The van der Waals surface area contributed by atoms with Gasteiger partial charge in [-0.25, -0.2) is 0 Å². The fourth-order valence-corrected chi connectivity index (χ4v) is 9.39. The highest BCUT2D eigenvalue weighted by Crippen LogP contribution is 2.67. The summed E-state index contributed by atoms with van der Waals surface area (Å²) >= 11 is 1.67. The van der Waals surface area contributed by atoms with Gasteiger partial charge in [0.2, 0.25) is 17.7 Å². The predicted octanol–water partition coefficient (Wildman–Crippen LogP) is 4.51. The number of aliphatic hydroxyl groups excluding tert-OH is 1. The molecule has 3 aliphatic rings. The normalized spacial score (nSPS) is 28.2. The van der Waals surface area contributed by atoms with Crippen molar-refractivity contribution in [2.45, 2.75) is 88.0 Å². The van der Waals surface area contributed by atoms with E-state index < -0.39 is 34.2 Å². The van der Waals surface area contributed by atoms with Crippen molar-refractivity contribution in [2.24, 2.45) is 17.8 Å². The SMILES string of the molecule is C=CCN(Cc1ccccc1)C(=O)[C@@H]1[C@@H]2CCC3(S2)C(C(=O)N(CC=C)C(C)(C)C)N([C@@H](CO)[C@@H](C)CC)C(=O)[C@H]13. The lowest BCUT2D eigenvalue weighted by molar-refractivity contribution is -0.150. The second kappa shape index (κ2) is 12.3. The van der Waals surface area contributed by atoms with Gasteiger partial charge in [0.1, 0.15) is 6.04 Å². The fourth-order valence-electron chi connectivity index (χ4n) is 7.20. The summed E-state index contributed by atoms with van der Waals surface area (Å²) in [4.78, 5) is 48.9. The molecule has 3 amide bonds. The number of hydrogen-bond acceptors (Lipinski definition) is 5. The Labute approximate surface area is 250 Å². The van der Waals surface area contributed by atoms with Crippen molar-refractivity contribution in [3.63, 3.8) is 0 Å². The number of rotatable bonds is 12. The molecule has 1 aromatic rings. The van der Waals surface area contributed by atoms with Crippen LogP contribution in [0.2, 0.25) is 0 Å². The molecule has 7 atom stereocenters. The molecule has 41 heavy (non-hydrogen) atoms. The third-order valence-electron chi connectivity index (χ3n) is 9.37. The van der Waals surface area contributed by atoms with Crippen LogP contribution in [-0.2, 0) is 20.9 Å². The van der Waals surface area contributed by atoms with Crippen LogP contribution in [0.15, 0.2) is 55.6 Å². The van der Waals surface area contributed by atoms with Crippen molar-refractivity contribution in [1.29, 1.82) is 0 Å². The summed E-state index contributed by atoms with van der Waals surface area (Å²) in [6, 6.07) is 8.60. The van der Waals surface area contributed by atoms with Crippen LogP contribution >= 0.6 is 11.8 Å². The van der Waals surface area contributed by atoms with Gasteiger partial charge in [-0.2, -0.15) is 0 Å². The molecule has 1 aromatic carbocycles. The summed E-state index contributed by atoms with van der Waals surface area (Å²) in [5.74, 6) is -1.49. The minimum absolute atomic E-state index is 0.0105. The van der Waals surface area contributed by atoms with Crippen molar-refractivity contribution in [1.82, 2.24) is 14.7 Å². The van der Waals surface area contributed by atoms with Crippen LogP contribution in [0.1, 0.15) is 59.4 Å². The number of thioether (sulfide) groups is 1. The van der Waals surface area contributed by atoms with Crippen molar-refractivity contribution in [3.05, 3.63) is 61.2 Å². The molecule has 3 fully saturated rings. The van der Waals surface area contributed by atoms with Crippen LogP contribution in [0.4, 0.5) is 0 Å². The summed E-state index contributed by atoms with van der Waals surface area (Å²) in [6.07, 6.45) is 5.68. The van der Waals surface area contributed by atoms with Crippen LogP contribution in [-0.4, -0.2) is 84.8 Å². The number of nitrogens with zero attached hydrogens (tertiary/aromatic N) is 3. The van der Waals surface area contributed by atoms with Crippen LogP contribution in [0.3, 0.4) is 0 Å². The lowest BCUT2D eigenvalue weighted by atomic mass is 9.70. The Balaban J connectivity index is 1.79. The summed E-state index contributed by atoms with van der Waals surface area (Å²) in [6.45, 7) is 18.7. The Morgan fingerprint density at radius 3 is 2.39 bits per heavy atom. The van der Waals surface area contributed by atoms with E-state index in [4.69, 9.17) is 0 Å². The molecule has 0 aliphatic carbocycles. The molecular weight excluding hydrogens is 534 g/mol. The molecule has 0 radical (unpaired) electrons. The van der Waals surface area contributed by atoms with E-state index in [0.717, 1.165) is 18.4 Å². The van der Waals surface area contributed by atoms with Crippen molar-refractivity contribution in [2.75, 3.05) is 19.7 Å². The van der Waals surface area contributed by atoms with Gasteiger partial charge >= 0.3 is 0 Å². The Bertz CT molecular complexity index is 1150. The number of carbonyl (C=O) groups excluding carboxylic acids is 3. The monoisotopic (exact) mass is 581 g/mol. The maximum Gasteiger partial charge on any atom is 0.247 e. The van der Waals surface area contributed by atoms with E-state index in [0.29, 0.717) is 26.1 Å². The first-order chi connectivity index (χ1) is 19.5. The number of likely N-dealkylation sites (tertiary alicyclic amines) is 1. The van der Waals surface area contributed by atoms with E-state index in [1.165, 1.54) is 0 Å². The van der Waals surface area contributed by atoms with Crippen LogP contribution in [0.5, 0.6) is 0 Å². The van der Waals surface area contributed by atoms with Gasteiger partial charge in [-0.1, -0.05) is 62.8 Å². The zero-order valence-electron chi connectivity index (χ0n) is 25.3. The lowest BCUT2D eigenvalue weighted by Gasteiger charge is -2.44. The Hall–Kier alpha value is -2.58. The predicted molar refractivity (Wildman–Crippen MR) is 165 cm³/mol. The molecule has 1 spiro atoms. The molecular formula is C33H47N3O4S. The number of aliphatic hydroxyl groups is 1. The molecule has 8 heteroatoms. The standard InChI is InChI=1S/C33H47N3O4S/c1-8-18-34(20-23-14-12-11-13-15-23)29(38)26-25-16-17-33(41-25)27(26)30(39)36(24(21-37)22(4)10-3)28(33)31(40)35(19-9-2)32(5,6)7/h8-9,11-15,22,24-28,37H,1-2,10,16-21H2,3-7H3/t22-,24-,25-,26+,27-,28?,33?/m0/s1. The van der Waals surface area contributed by atoms with Gasteiger partial charge in [0, 0.05) is 30.4 Å². The maximum atomic E-state index is 14.6. The molecule has 1 N–H and O–H groups in total. The highest BCUT2D eigenvalue weighted by molar-refractivity contribution is 8.02. The Morgan fingerprint density at radius 2 is 1.83 bits per heavy atom. The van der Waals surface area contributed by atoms with E-state index in [1.807, 2.05) is 65.0 Å². The molecule has 0 saturated carbocycles. The number of benzene rings is 1. The third kappa shape index (κ3) is 5.50. The third-order valence-corrected chi connectivity index (χ3v) is 11.3. The fraction of sp³-hybridized carbons (Fsp3) is 0.606. The zero-order chi connectivity index (χ0) is 30.1. The highest BCUT2D eigenvalue weighted by atomic mass is 32.2. The van der Waals surface area contributed by atoms with E-state index in [-0.39, 0.29) is 35.5 Å². The topological polar surface area (TPSA) is 81.2 Å². The number of amides is 3. The number of carbonyl (C=O) groups is 3. The molecule has 0 aromatic heterocycles. The minimum Gasteiger partial charge on any atom is -0.394 e. The first-order valence-corrected chi connectivity index (χ1v) is 15.8. The largest absolute Gasteiger partial charge is 0.394 e. The Morgan fingerprint density at radius 1 is 1.17 bits per heavy atom. The molecule has 2 bridgehead atoms. The van der Waals surface area contributed by atoms with E-state index >= 15 is 0 Å². The summed E-state index contributed by atoms with van der Waals surface area (Å²) < 4.78 is -0.711. The molecule has 224 valence electrons. The van der Waals surface area contributed by atoms with E-state index in [2.05, 4.69) is 13.2 Å². The molecule has 7 nitrogen and oxygen atoms in total. The first-order valence-electron chi connectivity index (χ1n) is 14.9. The highest BCUT2D eigenvalue weighted by Gasteiger charge is 2.75. The average Bonchev–Trinajstić information content (AvgIpc) is 3.58. The summed E-state index contributed by atoms with van der Waals surface area (Å²) in [5, 5.41) is 10.6. The van der Waals surface area contributed by atoms with Crippen molar-refractivity contribution < 1.29 is 19.5 Å². The second-order valence-electron chi connectivity index (χ2n) is 12.8. The molecule has 3 saturated heterocycles. The quantitative estimate of drug-likeness (QED) is 0.368. The van der Waals surface area contributed by atoms with Gasteiger partial charge in [-0.3, -0.25) is 14.4 Å². The van der Waals surface area contributed by atoms with Crippen LogP contribution in [0, 0.1) is 17.8 Å². The van der Waals surface area contributed by atoms with Crippen molar-refractivity contribution in [3.8, 4) is 0 Å². The minimum atomic E-state index is -0.750. The molecule has 3 heterocycles.